The molecule has 1 aromatic heterocycles. The lowest BCUT2D eigenvalue weighted by atomic mass is 9.97. The predicted molar refractivity (Wildman–Crippen MR) is 146 cm³/mol. The summed E-state index contributed by atoms with van der Waals surface area (Å²) < 4.78 is 11.8. The van der Waals surface area contributed by atoms with Gasteiger partial charge in [0.25, 0.3) is 0 Å². The van der Waals surface area contributed by atoms with Crippen LogP contribution in [0.3, 0.4) is 0 Å². The van der Waals surface area contributed by atoms with Gasteiger partial charge in [-0.3, -0.25) is 9.69 Å². The number of nitrogens with two attached hydrogens (primary N) is 1. The van der Waals surface area contributed by atoms with Crippen molar-refractivity contribution in [1.82, 2.24) is 9.88 Å². The number of hydrogen-bond donors (Lipinski definition) is 2. The molecule has 5 rings (SSSR count). The Morgan fingerprint density at radius 2 is 1.97 bits per heavy atom. The van der Waals surface area contributed by atoms with E-state index in [4.69, 9.17) is 20.2 Å². The molecule has 0 saturated carbocycles. The van der Waals surface area contributed by atoms with E-state index in [1.807, 2.05) is 31.2 Å². The minimum absolute atomic E-state index is 0.256. The molecule has 8 nitrogen and oxygen atoms in total. The lowest BCUT2D eigenvalue weighted by Crippen LogP contribution is -2.36. The fraction of sp³-hybridized carbons (Fsp3) is 0.429. The Bertz CT molecular complexity index is 1230. The van der Waals surface area contributed by atoms with E-state index in [1.165, 1.54) is 5.56 Å². The number of para-hydroxylation sites is 1. The molecule has 0 spiro atoms. The van der Waals surface area contributed by atoms with E-state index in [0.29, 0.717) is 32.5 Å². The zero-order chi connectivity index (χ0) is 25.8. The third-order valence-electron chi connectivity index (χ3n) is 7.19. The van der Waals surface area contributed by atoms with Crippen LogP contribution in [-0.2, 0) is 22.7 Å². The Hall–Kier alpha value is -3.14. The van der Waals surface area contributed by atoms with Crippen LogP contribution in [0.1, 0.15) is 29.5 Å². The van der Waals surface area contributed by atoms with E-state index < -0.39 is 5.97 Å². The van der Waals surface area contributed by atoms with Gasteiger partial charge in [-0.1, -0.05) is 24.3 Å². The van der Waals surface area contributed by atoms with Gasteiger partial charge in [0.1, 0.15) is 12.4 Å². The van der Waals surface area contributed by atoms with Crippen LogP contribution in [0, 0.1) is 12.8 Å². The number of carboxylic acid groups (broad SMARTS) is 1. The molecule has 2 aliphatic rings. The molecule has 0 radical (unpaired) electrons. The minimum atomic E-state index is -0.701. The lowest BCUT2D eigenvalue weighted by Gasteiger charge is -2.29. The second kappa shape index (κ2) is 11.5. The molecule has 37 heavy (non-hydrogen) atoms. The zero-order valence-electron chi connectivity index (χ0n) is 21.2. The van der Waals surface area contributed by atoms with E-state index in [1.54, 1.807) is 11.3 Å². The van der Waals surface area contributed by atoms with Crippen LogP contribution >= 0.6 is 11.3 Å². The number of carboxylic acids is 1. The fourth-order valence-corrected chi connectivity index (χ4v) is 5.82. The quantitative estimate of drug-likeness (QED) is 0.420. The minimum Gasteiger partial charge on any atom is -0.488 e. The number of rotatable bonds is 8. The Morgan fingerprint density at radius 1 is 1.19 bits per heavy atom. The summed E-state index contributed by atoms with van der Waals surface area (Å²) >= 11 is 1.59. The molecular formula is C28H34N4O4S. The number of thiazole rings is 1. The van der Waals surface area contributed by atoms with Gasteiger partial charge in [-0.2, -0.15) is 0 Å². The summed E-state index contributed by atoms with van der Waals surface area (Å²) in [6.45, 7) is 8.16. The summed E-state index contributed by atoms with van der Waals surface area (Å²) in [6.07, 6.45) is 1.30. The number of piperidine rings is 1. The molecule has 3 aromatic rings. The average Bonchev–Trinajstić information content (AvgIpc) is 3.40. The number of hydrogen-bond acceptors (Lipinski definition) is 8. The Morgan fingerprint density at radius 3 is 2.70 bits per heavy atom. The van der Waals surface area contributed by atoms with Crippen molar-refractivity contribution in [3.63, 3.8) is 0 Å². The molecule has 0 aliphatic carbocycles. The molecular weight excluding hydrogens is 488 g/mol. The number of anilines is 2. The number of benzene rings is 2. The smallest absolute Gasteiger partial charge is 0.306 e. The fourth-order valence-electron chi connectivity index (χ4n) is 4.94. The van der Waals surface area contributed by atoms with Gasteiger partial charge in [-0.15, -0.1) is 11.3 Å². The highest BCUT2D eigenvalue weighted by atomic mass is 32.1. The molecule has 2 fully saturated rings. The van der Waals surface area contributed by atoms with Gasteiger partial charge in [0.2, 0.25) is 0 Å². The Labute approximate surface area is 221 Å². The van der Waals surface area contributed by atoms with Gasteiger partial charge >= 0.3 is 5.97 Å². The van der Waals surface area contributed by atoms with Gasteiger partial charge < -0.3 is 25.2 Å². The molecule has 0 unspecified atom stereocenters. The molecule has 9 heteroatoms. The highest BCUT2D eigenvalue weighted by Gasteiger charge is 2.26. The number of nitrogen functional groups attached to an aromatic ring is 1. The highest BCUT2D eigenvalue weighted by Crippen LogP contribution is 2.37. The van der Waals surface area contributed by atoms with Crippen molar-refractivity contribution in [2.45, 2.75) is 32.9 Å². The van der Waals surface area contributed by atoms with E-state index >= 15 is 0 Å². The summed E-state index contributed by atoms with van der Waals surface area (Å²) in [6, 6.07) is 12.3. The maximum atomic E-state index is 11.3. The summed E-state index contributed by atoms with van der Waals surface area (Å²) in [5, 5.41) is 12.2. The van der Waals surface area contributed by atoms with E-state index in [0.717, 1.165) is 71.8 Å². The van der Waals surface area contributed by atoms with Gasteiger partial charge in [0, 0.05) is 54.9 Å². The second-order valence-corrected chi connectivity index (χ2v) is 10.6. The molecule has 0 atom stereocenters. The van der Waals surface area contributed by atoms with E-state index in [2.05, 4.69) is 27.3 Å². The monoisotopic (exact) mass is 522 g/mol. The molecule has 3 heterocycles. The number of aryl methyl sites for hydroxylation is 1. The van der Waals surface area contributed by atoms with Crippen molar-refractivity contribution in [2.75, 3.05) is 50.0 Å². The van der Waals surface area contributed by atoms with Crippen molar-refractivity contribution in [2.24, 2.45) is 5.92 Å². The van der Waals surface area contributed by atoms with Crippen LogP contribution < -0.4 is 15.4 Å². The highest BCUT2D eigenvalue weighted by molar-refractivity contribution is 7.14. The zero-order valence-corrected chi connectivity index (χ0v) is 22.0. The van der Waals surface area contributed by atoms with Gasteiger partial charge in [-0.25, -0.2) is 4.98 Å². The summed E-state index contributed by atoms with van der Waals surface area (Å²) in [5.74, 6) is -0.150. The van der Waals surface area contributed by atoms with E-state index in [-0.39, 0.29) is 5.92 Å². The number of aromatic nitrogens is 1. The summed E-state index contributed by atoms with van der Waals surface area (Å²) in [5.41, 5.74) is 12.2. The van der Waals surface area contributed by atoms with Crippen LogP contribution in [0.2, 0.25) is 0 Å². The first kappa shape index (κ1) is 25.5. The molecule has 0 bridgehead atoms. The molecule has 0 amide bonds. The van der Waals surface area contributed by atoms with Gasteiger partial charge in [0.15, 0.2) is 5.13 Å². The van der Waals surface area contributed by atoms with Crippen molar-refractivity contribution in [3.8, 4) is 17.0 Å². The molecule has 2 aliphatic heterocycles. The summed E-state index contributed by atoms with van der Waals surface area (Å²) in [4.78, 5) is 20.7. The van der Waals surface area contributed by atoms with Crippen LogP contribution in [0.5, 0.6) is 5.75 Å². The van der Waals surface area contributed by atoms with Crippen molar-refractivity contribution < 1.29 is 19.4 Å². The first-order valence-corrected chi connectivity index (χ1v) is 13.7. The number of ether oxygens (including phenoxy) is 2. The van der Waals surface area contributed by atoms with Crippen LogP contribution in [0.25, 0.3) is 11.3 Å². The van der Waals surface area contributed by atoms with Crippen molar-refractivity contribution in [1.29, 1.82) is 0 Å². The topological polar surface area (TPSA) is 101 Å². The number of aliphatic carboxylic acids is 1. The number of carbonyl (C=O) groups is 1. The largest absolute Gasteiger partial charge is 0.488 e. The molecule has 3 N–H and O–H groups in total. The Kier molecular flexibility index (Phi) is 7.93. The first-order valence-electron chi connectivity index (χ1n) is 12.8. The molecule has 2 saturated heterocycles. The van der Waals surface area contributed by atoms with Crippen LogP contribution in [0.4, 0.5) is 10.8 Å². The van der Waals surface area contributed by atoms with Crippen molar-refractivity contribution in [3.05, 3.63) is 58.5 Å². The van der Waals surface area contributed by atoms with Crippen LogP contribution in [0.15, 0.2) is 41.8 Å². The maximum absolute atomic E-state index is 11.3. The predicted octanol–water partition coefficient (Wildman–Crippen LogP) is 4.41. The maximum Gasteiger partial charge on any atom is 0.306 e. The van der Waals surface area contributed by atoms with E-state index in [9.17, 15) is 9.90 Å². The summed E-state index contributed by atoms with van der Waals surface area (Å²) in [7, 11) is 0. The number of morpholine rings is 1. The second-order valence-electron chi connectivity index (χ2n) is 9.78. The van der Waals surface area contributed by atoms with Crippen LogP contribution in [-0.4, -0.2) is 60.4 Å². The molecule has 196 valence electrons. The third kappa shape index (κ3) is 6.06. The normalized spacial score (nSPS) is 17.2. The lowest BCUT2D eigenvalue weighted by molar-refractivity contribution is -0.142. The average molecular weight is 523 g/mol. The van der Waals surface area contributed by atoms with Gasteiger partial charge in [0.05, 0.1) is 24.8 Å². The first-order chi connectivity index (χ1) is 18.0. The molecule has 2 aromatic carbocycles. The SMILES string of the molecule is Cc1cccc(-c2csc(N3CCC(C(=O)O)CC3)n2)c1OCc1ccc(CN2CCOCC2)cc1N. The third-order valence-corrected chi connectivity index (χ3v) is 8.09. The number of nitrogens with zero attached hydrogens (tertiary/aromatic N) is 3. The van der Waals surface area contributed by atoms with Gasteiger partial charge in [-0.05, 0) is 43.0 Å². The standard InChI is InChI=1S/C28H34N4O4S/c1-19-3-2-4-23(25-18-37-28(30-25)32-9-7-21(8-10-32)27(33)34)26(19)36-17-22-6-5-20(15-24(22)29)16-31-11-13-35-14-12-31/h2-6,15,18,21H,7-14,16-17,29H2,1H3,(H,33,34). The van der Waals surface area contributed by atoms with Crippen molar-refractivity contribution >= 4 is 28.1 Å². The Balaban J connectivity index is 1.27.